The Morgan fingerprint density at radius 3 is 2.56 bits per heavy atom. The second kappa shape index (κ2) is 8.04. The first-order chi connectivity index (χ1) is 13.0. The van der Waals surface area contributed by atoms with Gasteiger partial charge in [0.2, 0.25) is 0 Å². The summed E-state index contributed by atoms with van der Waals surface area (Å²) in [6.45, 7) is 5.96. The number of esters is 1. The van der Waals surface area contributed by atoms with E-state index < -0.39 is 11.8 Å². The van der Waals surface area contributed by atoms with Gasteiger partial charge in [0.05, 0.1) is 23.4 Å². The lowest BCUT2D eigenvalue weighted by Gasteiger charge is -2.37. The maximum Gasteiger partial charge on any atom is 0.342 e. The minimum atomic E-state index is -0.401. The first-order valence-electron chi connectivity index (χ1n) is 8.85. The van der Waals surface area contributed by atoms with Crippen molar-refractivity contribution in [1.29, 1.82) is 5.26 Å². The van der Waals surface area contributed by atoms with Gasteiger partial charge in [0.25, 0.3) is 0 Å². The normalized spacial score (nSPS) is 14.2. The van der Waals surface area contributed by atoms with E-state index in [0.29, 0.717) is 48.8 Å². The van der Waals surface area contributed by atoms with Crippen LogP contribution in [-0.4, -0.2) is 43.2 Å². The first-order valence-corrected chi connectivity index (χ1v) is 8.85. The summed E-state index contributed by atoms with van der Waals surface area (Å²) in [5.41, 5.74) is 1.22. The molecule has 2 aromatic rings. The molecule has 0 radical (unpaired) electrons. The first kappa shape index (κ1) is 18.6. The number of carbonyl (C=O) groups excluding carboxylic acids is 1. The minimum absolute atomic E-state index is 0.207. The van der Waals surface area contributed by atoms with Crippen molar-refractivity contribution in [3.63, 3.8) is 0 Å². The number of benzene rings is 1. The third kappa shape index (κ3) is 4.17. The van der Waals surface area contributed by atoms with Crippen LogP contribution in [0.5, 0.6) is 0 Å². The predicted octanol–water partition coefficient (Wildman–Crippen LogP) is 2.98. The third-order valence-electron chi connectivity index (χ3n) is 4.35. The van der Waals surface area contributed by atoms with Gasteiger partial charge in [-0.1, -0.05) is 0 Å². The summed E-state index contributed by atoms with van der Waals surface area (Å²) in [5.74, 6) is -0.210. The Kier molecular flexibility index (Phi) is 5.55. The van der Waals surface area contributed by atoms with E-state index in [0.717, 1.165) is 0 Å². The predicted molar refractivity (Wildman–Crippen MR) is 100 cm³/mol. The number of piperazine rings is 1. The zero-order valence-electron chi connectivity index (χ0n) is 15.4. The minimum Gasteiger partial charge on any atom is -0.459 e. The molecule has 0 atom stereocenters. The smallest absolute Gasteiger partial charge is 0.342 e. The zero-order chi connectivity index (χ0) is 19.4. The lowest BCUT2D eigenvalue weighted by Crippen LogP contribution is -2.47. The van der Waals surface area contributed by atoms with Crippen molar-refractivity contribution in [2.24, 2.45) is 0 Å². The molecule has 0 saturated carbocycles. The highest BCUT2D eigenvalue weighted by Gasteiger charge is 2.24. The Morgan fingerprint density at radius 2 is 1.93 bits per heavy atom. The van der Waals surface area contributed by atoms with Crippen LogP contribution in [0.3, 0.4) is 0 Å². The van der Waals surface area contributed by atoms with Gasteiger partial charge in [-0.15, -0.1) is 0 Å². The van der Waals surface area contributed by atoms with Crippen molar-refractivity contribution in [3.8, 4) is 6.07 Å². The number of ether oxygens (including phenoxy) is 1. The summed E-state index contributed by atoms with van der Waals surface area (Å²) in [7, 11) is 0. The van der Waals surface area contributed by atoms with E-state index in [-0.39, 0.29) is 6.10 Å². The molecule has 0 amide bonds. The van der Waals surface area contributed by atoms with Crippen LogP contribution in [0.4, 0.5) is 15.9 Å². The van der Waals surface area contributed by atoms with Crippen molar-refractivity contribution in [2.45, 2.75) is 20.0 Å². The number of anilines is 2. The Bertz CT molecular complexity index is 871. The molecular weight excluding hydrogens is 347 g/mol. The lowest BCUT2D eigenvalue weighted by atomic mass is 10.1. The number of nitrogens with zero attached hydrogens (tertiary/aromatic N) is 4. The maximum atomic E-state index is 14.3. The van der Waals surface area contributed by atoms with Gasteiger partial charge in [0.1, 0.15) is 17.2 Å². The SMILES string of the molecule is CC(C)OC(=O)c1cccnc1N1CCN(c2ccc(C#N)cc2F)CC1. The van der Waals surface area contributed by atoms with Crippen LogP contribution in [0.1, 0.15) is 29.8 Å². The molecule has 3 rings (SSSR count). The molecule has 0 bridgehead atoms. The monoisotopic (exact) mass is 368 g/mol. The third-order valence-corrected chi connectivity index (χ3v) is 4.35. The van der Waals surface area contributed by atoms with Crippen LogP contribution in [0.2, 0.25) is 0 Å². The van der Waals surface area contributed by atoms with E-state index in [1.165, 1.54) is 6.07 Å². The van der Waals surface area contributed by atoms with Crippen LogP contribution in [-0.2, 0) is 4.74 Å². The molecule has 0 unspecified atom stereocenters. The summed E-state index contributed by atoms with van der Waals surface area (Å²) < 4.78 is 19.6. The van der Waals surface area contributed by atoms with Crippen molar-refractivity contribution in [1.82, 2.24) is 4.98 Å². The van der Waals surface area contributed by atoms with E-state index in [4.69, 9.17) is 10.00 Å². The molecule has 6 nitrogen and oxygen atoms in total. The van der Waals surface area contributed by atoms with Gasteiger partial charge < -0.3 is 14.5 Å². The van der Waals surface area contributed by atoms with Gasteiger partial charge in [-0.05, 0) is 44.2 Å². The quantitative estimate of drug-likeness (QED) is 0.773. The summed E-state index contributed by atoms with van der Waals surface area (Å²) in [6.07, 6.45) is 1.44. The molecule has 1 aromatic heterocycles. The van der Waals surface area contributed by atoms with Crippen LogP contribution in [0.25, 0.3) is 0 Å². The van der Waals surface area contributed by atoms with Gasteiger partial charge in [0, 0.05) is 32.4 Å². The number of halogens is 1. The van der Waals surface area contributed by atoms with Crippen LogP contribution < -0.4 is 9.80 Å². The van der Waals surface area contributed by atoms with Crippen molar-refractivity contribution < 1.29 is 13.9 Å². The second-order valence-electron chi connectivity index (χ2n) is 6.58. The van der Waals surface area contributed by atoms with Gasteiger partial charge in [-0.2, -0.15) is 5.26 Å². The van der Waals surface area contributed by atoms with E-state index in [1.807, 2.05) is 15.9 Å². The summed E-state index contributed by atoms with van der Waals surface area (Å²) >= 11 is 0. The van der Waals surface area contributed by atoms with Gasteiger partial charge >= 0.3 is 5.97 Å². The molecule has 7 heteroatoms. The second-order valence-corrected chi connectivity index (χ2v) is 6.58. The highest BCUT2D eigenvalue weighted by molar-refractivity contribution is 5.94. The average molecular weight is 368 g/mol. The Balaban J connectivity index is 1.73. The van der Waals surface area contributed by atoms with Crippen molar-refractivity contribution >= 4 is 17.5 Å². The van der Waals surface area contributed by atoms with Gasteiger partial charge in [-0.25, -0.2) is 14.2 Å². The van der Waals surface area contributed by atoms with Gasteiger partial charge in [0.15, 0.2) is 0 Å². The molecule has 0 aliphatic carbocycles. The van der Waals surface area contributed by atoms with E-state index >= 15 is 0 Å². The van der Waals surface area contributed by atoms with E-state index in [1.54, 1.807) is 44.3 Å². The number of nitriles is 1. The van der Waals surface area contributed by atoms with E-state index in [9.17, 15) is 9.18 Å². The molecule has 27 heavy (non-hydrogen) atoms. The van der Waals surface area contributed by atoms with Crippen molar-refractivity contribution in [3.05, 3.63) is 53.5 Å². The standard InChI is InChI=1S/C20H21FN4O2/c1-14(2)27-20(26)16-4-3-7-23-19(16)25-10-8-24(9-11-25)18-6-5-15(13-22)12-17(18)21/h3-7,12,14H,8-11H2,1-2H3. The number of rotatable bonds is 4. The maximum absolute atomic E-state index is 14.3. The van der Waals surface area contributed by atoms with Crippen LogP contribution >= 0.6 is 0 Å². The zero-order valence-corrected chi connectivity index (χ0v) is 15.4. The molecule has 0 spiro atoms. The summed E-state index contributed by atoms with van der Waals surface area (Å²) in [4.78, 5) is 20.6. The molecule has 0 N–H and O–H groups in total. The topological polar surface area (TPSA) is 69.5 Å². The van der Waals surface area contributed by atoms with Crippen molar-refractivity contribution in [2.75, 3.05) is 36.0 Å². The average Bonchev–Trinajstić information content (AvgIpc) is 2.67. The van der Waals surface area contributed by atoms with Crippen LogP contribution in [0, 0.1) is 17.1 Å². The number of hydrogen-bond acceptors (Lipinski definition) is 6. The summed E-state index contributed by atoms with van der Waals surface area (Å²) in [6, 6.07) is 9.86. The Labute approximate surface area is 157 Å². The van der Waals surface area contributed by atoms with Gasteiger partial charge in [-0.3, -0.25) is 0 Å². The fourth-order valence-electron chi connectivity index (χ4n) is 3.08. The molecule has 2 heterocycles. The fourth-order valence-corrected chi connectivity index (χ4v) is 3.08. The molecule has 1 saturated heterocycles. The highest BCUT2D eigenvalue weighted by atomic mass is 19.1. The van der Waals surface area contributed by atoms with Crippen LogP contribution in [0.15, 0.2) is 36.5 Å². The number of carbonyl (C=O) groups is 1. The highest BCUT2D eigenvalue weighted by Crippen LogP contribution is 2.25. The number of aromatic nitrogens is 1. The molecule has 1 aromatic carbocycles. The largest absolute Gasteiger partial charge is 0.459 e. The molecule has 1 fully saturated rings. The number of pyridine rings is 1. The lowest BCUT2D eigenvalue weighted by molar-refractivity contribution is 0.0378. The number of hydrogen-bond donors (Lipinski definition) is 0. The fraction of sp³-hybridized carbons (Fsp3) is 0.350. The molecular formula is C20H21FN4O2. The Hall–Kier alpha value is -3.14. The Morgan fingerprint density at radius 1 is 1.22 bits per heavy atom. The molecule has 1 aliphatic heterocycles. The summed E-state index contributed by atoms with van der Waals surface area (Å²) in [5, 5.41) is 8.87. The molecule has 140 valence electrons. The van der Waals surface area contributed by atoms with E-state index in [2.05, 4.69) is 4.98 Å². The molecule has 1 aliphatic rings.